The molecule has 4 aromatic rings. The Morgan fingerprint density at radius 1 is 1.00 bits per heavy atom. The molecule has 5 rings (SSSR count). The number of hydrogen-bond acceptors (Lipinski definition) is 7. The molecule has 1 aromatic heterocycles. The molecule has 0 saturated heterocycles. The number of para-hydroxylation sites is 1. The van der Waals surface area contributed by atoms with Crippen molar-refractivity contribution in [3.63, 3.8) is 0 Å². The van der Waals surface area contributed by atoms with Crippen LogP contribution in [0, 0.1) is 0 Å². The van der Waals surface area contributed by atoms with Crippen LogP contribution in [0.3, 0.4) is 0 Å². The van der Waals surface area contributed by atoms with Crippen LogP contribution in [0.4, 0.5) is 5.69 Å². The van der Waals surface area contributed by atoms with Gasteiger partial charge in [0.1, 0.15) is 22.3 Å². The topological polar surface area (TPSA) is 82.6 Å². The first kappa shape index (κ1) is 23.7. The number of rotatable bonds is 8. The number of anilines is 1. The molecule has 8 heteroatoms. The summed E-state index contributed by atoms with van der Waals surface area (Å²) in [5.74, 6) is 3.43. The summed E-state index contributed by atoms with van der Waals surface area (Å²) >= 11 is 1.37. The van der Waals surface area contributed by atoms with Crippen molar-refractivity contribution in [1.29, 1.82) is 0 Å². The van der Waals surface area contributed by atoms with Crippen LogP contribution in [0.25, 0.3) is 11.4 Å². The van der Waals surface area contributed by atoms with Crippen LogP contribution in [-0.2, 0) is 11.2 Å². The van der Waals surface area contributed by atoms with Gasteiger partial charge in [-0.25, -0.2) is 4.98 Å². The van der Waals surface area contributed by atoms with Crippen LogP contribution >= 0.6 is 11.8 Å². The van der Waals surface area contributed by atoms with Gasteiger partial charge in [0.05, 0.1) is 25.0 Å². The van der Waals surface area contributed by atoms with Gasteiger partial charge in [-0.1, -0.05) is 30.0 Å². The lowest BCUT2D eigenvalue weighted by atomic mass is 10.0. The maximum absolute atomic E-state index is 12.7. The molecular weight excluding hydrogens is 474 g/mol. The molecule has 1 aliphatic heterocycles. The Kier molecular flexibility index (Phi) is 7.04. The molecule has 2 heterocycles. The van der Waals surface area contributed by atoms with Crippen molar-refractivity contribution in [1.82, 2.24) is 9.97 Å². The van der Waals surface area contributed by atoms with E-state index in [1.165, 1.54) is 11.8 Å². The molecule has 0 aliphatic carbocycles. The number of amides is 1. The predicted molar refractivity (Wildman–Crippen MR) is 140 cm³/mol. The van der Waals surface area contributed by atoms with Gasteiger partial charge in [0, 0.05) is 17.7 Å². The molecule has 182 valence electrons. The van der Waals surface area contributed by atoms with E-state index < -0.39 is 0 Å². The molecule has 0 atom stereocenters. The largest absolute Gasteiger partial charge is 0.497 e. The second kappa shape index (κ2) is 10.7. The molecule has 0 saturated carbocycles. The van der Waals surface area contributed by atoms with E-state index in [0.29, 0.717) is 30.4 Å². The molecule has 0 unspecified atom stereocenters. The number of ether oxygens (including phenoxy) is 3. The summed E-state index contributed by atoms with van der Waals surface area (Å²) < 4.78 is 16.9. The van der Waals surface area contributed by atoms with Gasteiger partial charge in [0.25, 0.3) is 0 Å². The summed E-state index contributed by atoms with van der Waals surface area (Å²) in [4.78, 5) is 22.3. The molecule has 0 radical (unpaired) electrons. The lowest BCUT2D eigenvalue weighted by molar-refractivity contribution is -0.113. The van der Waals surface area contributed by atoms with Gasteiger partial charge in [0.15, 0.2) is 5.82 Å². The van der Waals surface area contributed by atoms with E-state index in [0.717, 1.165) is 39.0 Å². The minimum atomic E-state index is -0.125. The standard InChI is InChI=1S/C28H25N3O4S/c1-3-34-22-14-10-20(11-15-22)29-25(32)17-36-28-23-16-19-6-4-5-7-24(19)35-27(23)30-26(31-28)18-8-12-21(33-2)13-9-18/h4-15H,3,16-17H2,1-2H3,(H,29,32). The quantitative estimate of drug-likeness (QED) is 0.208. The fourth-order valence-corrected chi connectivity index (χ4v) is 4.67. The first-order valence-corrected chi connectivity index (χ1v) is 12.6. The van der Waals surface area contributed by atoms with Crippen molar-refractivity contribution < 1.29 is 19.0 Å². The van der Waals surface area contributed by atoms with Crippen molar-refractivity contribution in [2.75, 3.05) is 24.8 Å². The Morgan fingerprint density at radius 2 is 1.75 bits per heavy atom. The average molecular weight is 500 g/mol. The highest BCUT2D eigenvalue weighted by molar-refractivity contribution is 8.00. The predicted octanol–water partition coefficient (Wildman–Crippen LogP) is 5.98. The Hall–Kier alpha value is -4.04. The maximum atomic E-state index is 12.7. The summed E-state index contributed by atoms with van der Waals surface area (Å²) in [6.45, 7) is 2.53. The minimum Gasteiger partial charge on any atom is -0.497 e. The number of carbonyl (C=O) groups is 1. The van der Waals surface area contributed by atoms with Crippen LogP contribution in [-0.4, -0.2) is 35.3 Å². The van der Waals surface area contributed by atoms with Gasteiger partial charge in [-0.05, 0) is 67.1 Å². The van der Waals surface area contributed by atoms with Crippen LogP contribution in [0.5, 0.6) is 23.1 Å². The smallest absolute Gasteiger partial charge is 0.234 e. The molecule has 1 N–H and O–H groups in total. The maximum Gasteiger partial charge on any atom is 0.234 e. The molecule has 7 nitrogen and oxygen atoms in total. The van der Waals surface area contributed by atoms with Crippen LogP contribution in [0.15, 0.2) is 77.8 Å². The van der Waals surface area contributed by atoms with E-state index in [9.17, 15) is 4.79 Å². The van der Waals surface area contributed by atoms with Gasteiger partial charge in [0.2, 0.25) is 11.8 Å². The van der Waals surface area contributed by atoms with E-state index in [-0.39, 0.29) is 11.7 Å². The van der Waals surface area contributed by atoms with E-state index >= 15 is 0 Å². The molecule has 0 bridgehead atoms. The zero-order valence-corrected chi connectivity index (χ0v) is 20.8. The number of benzene rings is 3. The van der Waals surface area contributed by atoms with Crippen LogP contribution in [0.1, 0.15) is 18.1 Å². The monoisotopic (exact) mass is 499 g/mol. The summed E-state index contributed by atoms with van der Waals surface area (Å²) in [6.07, 6.45) is 0.636. The summed E-state index contributed by atoms with van der Waals surface area (Å²) in [5, 5.41) is 3.66. The van der Waals surface area contributed by atoms with E-state index in [1.54, 1.807) is 7.11 Å². The van der Waals surface area contributed by atoms with Gasteiger partial charge in [-0.15, -0.1) is 0 Å². The summed E-state index contributed by atoms with van der Waals surface area (Å²) in [7, 11) is 1.63. The van der Waals surface area contributed by atoms with Crippen molar-refractivity contribution in [2.45, 2.75) is 18.4 Å². The van der Waals surface area contributed by atoms with Crippen LogP contribution in [0.2, 0.25) is 0 Å². The minimum absolute atomic E-state index is 0.125. The molecule has 1 aliphatic rings. The zero-order chi connectivity index (χ0) is 24.9. The van der Waals surface area contributed by atoms with Gasteiger partial charge < -0.3 is 19.5 Å². The third-order valence-electron chi connectivity index (χ3n) is 5.61. The first-order valence-electron chi connectivity index (χ1n) is 11.6. The first-order chi connectivity index (χ1) is 17.6. The normalized spacial score (nSPS) is 11.6. The number of thioether (sulfide) groups is 1. The fraction of sp³-hybridized carbons (Fsp3) is 0.179. The number of carbonyl (C=O) groups excluding carboxylic acids is 1. The summed E-state index contributed by atoms with van der Waals surface area (Å²) in [6, 6.07) is 22.8. The van der Waals surface area contributed by atoms with E-state index in [2.05, 4.69) is 5.32 Å². The van der Waals surface area contributed by atoms with Crippen molar-refractivity contribution in [3.8, 4) is 34.5 Å². The number of nitrogens with zero attached hydrogens (tertiary/aromatic N) is 2. The lowest BCUT2D eigenvalue weighted by Gasteiger charge is -2.21. The van der Waals surface area contributed by atoms with E-state index in [1.807, 2.05) is 79.7 Å². The Labute approximate surface area is 213 Å². The Morgan fingerprint density at radius 3 is 2.50 bits per heavy atom. The average Bonchev–Trinajstić information content (AvgIpc) is 2.92. The number of methoxy groups -OCH3 is 1. The molecule has 3 aromatic carbocycles. The third-order valence-corrected chi connectivity index (χ3v) is 6.63. The highest BCUT2D eigenvalue weighted by Crippen LogP contribution is 2.40. The van der Waals surface area contributed by atoms with Gasteiger partial charge in [-0.3, -0.25) is 4.79 Å². The van der Waals surface area contributed by atoms with Crippen molar-refractivity contribution in [2.24, 2.45) is 0 Å². The number of fused-ring (bicyclic) bond motifs is 2. The lowest BCUT2D eigenvalue weighted by Crippen LogP contribution is -2.15. The SMILES string of the molecule is CCOc1ccc(NC(=O)CSc2nc(-c3ccc(OC)cc3)nc3c2Cc2ccccc2O3)cc1. The molecule has 0 spiro atoms. The zero-order valence-electron chi connectivity index (χ0n) is 20.0. The van der Waals surface area contributed by atoms with Gasteiger partial charge >= 0.3 is 0 Å². The Balaban J connectivity index is 1.38. The second-order valence-corrected chi connectivity index (χ2v) is 9.01. The van der Waals surface area contributed by atoms with E-state index in [4.69, 9.17) is 24.2 Å². The number of aromatic nitrogens is 2. The fourth-order valence-electron chi connectivity index (χ4n) is 3.84. The second-order valence-electron chi connectivity index (χ2n) is 8.05. The summed E-state index contributed by atoms with van der Waals surface area (Å²) in [5.41, 5.74) is 3.49. The van der Waals surface area contributed by atoms with Gasteiger partial charge in [-0.2, -0.15) is 4.98 Å². The number of nitrogens with one attached hydrogen (secondary N) is 1. The highest BCUT2D eigenvalue weighted by Gasteiger charge is 2.24. The third kappa shape index (κ3) is 5.28. The van der Waals surface area contributed by atoms with Crippen molar-refractivity contribution >= 4 is 23.4 Å². The Bertz CT molecular complexity index is 1370. The van der Waals surface area contributed by atoms with Crippen LogP contribution < -0.4 is 19.5 Å². The van der Waals surface area contributed by atoms with Crippen molar-refractivity contribution in [3.05, 3.63) is 83.9 Å². The molecule has 0 fully saturated rings. The molecule has 1 amide bonds. The molecule has 36 heavy (non-hydrogen) atoms. The molecular formula is C28H25N3O4S. The highest BCUT2D eigenvalue weighted by atomic mass is 32.2. The number of hydrogen-bond donors (Lipinski definition) is 1.